The van der Waals surface area contributed by atoms with Crippen molar-refractivity contribution < 1.29 is 22.9 Å². The second-order valence-electron chi connectivity index (χ2n) is 5.09. The second kappa shape index (κ2) is 9.45. The SMILES string of the molecule is CCOCc1nnc(NC(=O)CCNS(=O)(=O)c2ccc([N+](=O)[O-])cc2)s1. The maximum absolute atomic E-state index is 12.1. The topological polar surface area (TPSA) is 153 Å². The summed E-state index contributed by atoms with van der Waals surface area (Å²) in [4.78, 5) is 21.7. The molecule has 0 fully saturated rings. The van der Waals surface area contributed by atoms with E-state index >= 15 is 0 Å². The van der Waals surface area contributed by atoms with Crippen LogP contribution in [-0.4, -0.2) is 42.6 Å². The van der Waals surface area contributed by atoms with Gasteiger partial charge in [0.05, 0.1) is 9.82 Å². The van der Waals surface area contributed by atoms with E-state index in [4.69, 9.17) is 4.74 Å². The smallest absolute Gasteiger partial charge is 0.269 e. The molecule has 146 valence electrons. The lowest BCUT2D eigenvalue weighted by molar-refractivity contribution is -0.384. The number of hydrogen-bond acceptors (Lipinski definition) is 9. The van der Waals surface area contributed by atoms with E-state index in [-0.39, 0.29) is 23.5 Å². The maximum atomic E-state index is 12.1. The van der Waals surface area contributed by atoms with Crippen LogP contribution in [0.3, 0.4) is 0 Å². The van der Waals surface area contributed by atoms with Gasteiger partial charge in [0.1, 0.15) is 11.6 Å². The number of rotatable bonds is 10. The van der Waals surface area contributed by atoms with Crippen molar-refractivity contribution in [1.29, 1.82) is 0 Å². The molecule has 0 aliphatic carbocycles. The van der Waals surface area contributed by atoms with E-state index < -0.39 is 20.9 Å². The molecule has 2 rings (SSSR count). The third-order valence-corrected chi connectivity index (χ3v) is 5.43. The normalized spacial score (nSPS) is 11.3. The van der Waals surface area contributed by atoms with E-state index in [1.807, 2.05) is 6.92 Å². The highest BCUT2D eigenvalue weighted by molar-refractivity contribution is 7.89. The molecule has 0 spiro atoms. The average Bonchev–Trinajstić information content (AvgIpc) is 3.07. The number of benzene rings is 1. The largest absolute Gasteiger partial charge is 0.374 e. The molecule has 2 N–H and O–H groups in total. The molecule has 0 saturated heterocycles. The molecular weight excluding hydrogens is 398 g/mol. The van der Waals surface area contributed by atoms with Gasteiger partial charge in [-0.3, -0.25) is 14.9 Å². The van der Waals surface area contributed by atoms with Crippen molar-refractivity contribution in [1.82, 2.24) is 14.9 Å². The summed E-state index contributed by atoms with van der Waals surface area (Å²) in [6.45, 7) is 2.55. The van der Waals surface area contributed by atoms with Gasteiger partial charge < -0.3 is 10.1 Å². The lowest BCUT2D eigenvalue weighted by atomic mass is 10.3. The predicted molar refractivity (Wildman–Crippen MR) is 96.8 cm³/mol. The molecule has 2 aromatic rings. The third-order valence-electron chi connectivity index (χ3n) is 3.14. The number of aromatic nitrogens is 2. The van der Waals surface area contributed by atoms with E-state index in [1.54, 1.807) is 0 Å². The average molecular weight is 415 g/mol. The molecule has 11 nitrogen and oxygen atoms in total. The summed E-state index contributed by atoms with van der Waals surface area (Å²) in [6, 6.07) is 4.44. The first-order valence-electron chi connectivity index (χ1n) is 7.76. The molecule has 0 atom stereocenters. The molecule has 0 saturated carbocycles. The Kier molecular flexibility index (Phi) is 7.29. The van der Waals surface area contributed by atoms with Gasteiger partial charge in [0.15, 0.2) is 0 Å². The molecule has 0 radical (unpaired) electrons. The van der Waals surface area contributed by atoms with Gasteiger partial charge in [0.25, 0.3) is 5.69 Å². The van der Waals surface area contributed by atoms with Crippen LogP contribution in [-0.2, 0) is 26.2 Å². The minimum atomic E-state index is -3.87. The van der Waals surface area contributed by atoms with E-state index in [9.17, 15) is 23.3 Å². The van der Waals surface area contributed by atoms with Crippen molar-refractivity contribution >= 4 is 38.1 Å². The Hall–Kier alpha value is -2.48. The zero-order valence-corrected chi connectivity index (χ0v) is 15.9. The molecule has 27 heavy (non-hydrogen) atoms. The number of carbonyl (C=O) groups excluding carboxylic acids is 1. The summed E-state index contributed by atoms with van der Waals surface area (Å²) < 4.78 is 31.7. The first kappa shape index (κ1) is 20.8. The summed E-state index contributed by atoms with van der Waals surface area (Å²) >= 11 is 1.17. The highest BCUT2D eigenvalue weighted by Crippen LogP contribution is 2.17. The molecule has 1 aromatic heterocycles. The number of nitrogens with one attached hydrogen (secondary N) is 2. The van der Waals surface area contributed by atoms with Crippen molar-refractivity contribution in [2.45, 2.75) is 24.8 Å². The fourth-order valence-electron chi connectivity index (χ4n) is 1.86. The molecule has 0 aliphatic heterocycles. The molecule has 1 heterocycles. The van der Waals surface area contributed by atoms with Gasteiger partial charge in [0, 0.05) is 31.7 Å². The summed E-state index contributed by atoms with van der Waals surface area (Å²) in [7, 11) is -3.87. The van der Waals surface area contributed by atoms with E-state index in [0.717, 1.165) is 24.3 Å². The molecule has 1 aromatic carbocycles. The number of anilines is 1. The Balaban J connectivity index is 1.82. The van der Waals surface area contributed by atoms with Crippen LogP contribution in [0.1, 0.15) is 18.4 Å². The third kappa shape index (κ3) is 6.32. The van der Waals surface area contributed by atoms with Crippen molar-refractivity contribution in [3.63, 3.8) is 0 Å². The number of nitrogens with zero attached hydrogens (tertiary/aromatic N) is 3. The Labute approximate surface area is 159 Å². The highest BCUT2D eigenvalue weighted by Gasteiger charge is 2.16. The first-order valence-corrected chi connectivity index (χ1v) is 10.1. The molecule has 0 aliphatic rings. The standard InChI is InChI=1S/C14H17N5O6S2/c1-2-25-9-13-17-18-14(26-13)16-12(20)7-8-15-27(23,24)11-5-3-10(4-6-11)19(21)22/h3-6,15H,2,7-9H2,1H3,(H,16,18,20). The Morgan fingerprint density at radius 2 is 2.00 bits per heavy atom. The fourth-order valence-corrected chi connectivity index (χ4v) is 3.59. The summed E-state index contributed by atoms with van der Waals surface area (Å²) in [5, 5.41) is 21.7. The Bertz CT molecular complexity index is 897. The minimum absolute atomic E-state index is 0.118. The quantitative estimate of drug-likeness (QED) is 0.435. The minimum Gasteiger partial charge on any atom is -0.374 e. The number of carbonyl (C=O) groups is 1. The highest BCUT2D eigenvalue weighted by atomic mass is 32.2. The molecule has 1 amide bonds. The predicted octanol–water partition coefficient (Wildman–Crippen LogP) is 1.29. The van der Waals surface area contributed by atoms with E-state index in [0.29, 0.717) is 23.4 Å². The number of non-ortho nitro benzene ring substituents is 1. The lowest BCUT2D eigenvalue weighted by Crippen LogP contribution is -2.27. The summed E-state index contributed by atoms with van der Waals surface area (Å²) in [5.74, 6) is -0.430. The van der Waals surface area contributed by atoms with Gasteiger partial charge in [-0.15, -0.1) is 10.2 Å². The van der Waals surface area contributed by atoms with Gasteiger partial charge in [-0.25, -0.2) is 13.1 Å². The fraction of sp³-hybridized carbons (Fsp3) is 0.357. The zero-order valence-electron chi connectivity index (χ0n) is 14.2. The Morgan fingerprint density at radius 3 is 2.63 bits per heavy atom. The summed E-state index contributed by atoms with van der Waals surface area (Å²) in [5.41, 5.74) is -0.214. The van der Waals surface area contributed by atoms with Gasteiger partial charge >= 0.3 is 0 Å². The zero-order chi connectivity index (χ0) is 19.9. The van der Waals surface area contributed by atoms with Crippen LogP contribution in [0.25, 0.3) is 0 Å². The molecule has 0 unspecified atom stereocenters. The maximum Gasteiger partial charge on any atom is 0.269 e. The number of nitro benzene ring substituents is 1. The van der Waals surface area contributed by atoms with Crippen LogP contribution in [0, 0.1) is 10.1 Å². The van der Waals surface area contributed by atoms with Crippen molar-refractivity contribution in [3.05, 3.63) is 39.4 Å². The number of hydrogen-bond donors (Lipinski definition) is 2. The number of nitro groups is 1. The van der Waals surface area contributed by atoms with Crippen molar-refractivity contribution in [3.8, 4) is 0 Å². The van der Waals surface area contributed by atoms with Gasteiger partial charge in [-0.05, 0) is 19.1 Å². The first-order chi connectivity index (χ1) is 12.8. The number of amides is 1. The van der Waals surface area contributed by atoms with Crippen LogP contribution in [0.2, 0.25) is 0 Å². The molecule has 13 heteroatoms. The van der Waals surface area contributed by atoms with Crippen LogP contribution in [0.15, 0.2) is 29.2 Å². The monoisotopic (exact) mass is 415 g/mol. The number of sulfonamides is 1. The van der Waals surface area contributed by atoms with Crippen molar-refractivity contribution in [2.75, 3.05) is 18.5 Å². The van der Waals surface area contributed by atoms with Crippen LogP contribution in [0.5, 0.6) is 0 Å². The number of ether oxygens (including phenoxy) is 1. The van der Waals surface area contributed by atoms with Gasteiger partial charge in [-0.1, -0.05) is 11.3 Å². The van der Waals surface area contributed by atoms with Crippen LogP contribution >= 0.6 is 11.3 Å². The summed E-state index contributed by atoms with van der Waals surface area (Å²) in [6.07, 6.45) is -0.118. The second-order valence-corrected chi connectivity index (χ2v) is 7.91. The van der Waals surface area contributed by atoms with Crippen LogP contribution < -0.4 is 10.0 Å². The van der Waals surface area contributed by atoms with E-state index in [2.05, 4.69) is 20.2 Å². The van der Waals surface area contributed by atoms with Crippen LogP contribution in [0.4, 0.5) is 10.8 Å². The molecule has 0 bridgehead atoms. The van der Waals surface area contributed by atoms with E-state index in [1.165, 1.54) is 11.3 Å². The van der Waals surface area contributed by atoms with Gasteiger partial charge in [0.2, 0.25) is 21.1 Å². The van der Waals surface area contributed by atoms with Gasteiger partial charge in [-0.2, -0.15) is 0 Å². The molecular formula is C14H17N5O6S2. The lowest BCUT2D eigenvalue weighted by Gasteiger charge is -2.06. The van der Waals surface area contributed by atoms with Crippen molar-refractivity contribution in [2.24, 2.45) is 0 Å². The Morgan fingerprint density at radius 1 is 1.30 bits per heavy atom.